The molecule has 3 N–H and O–H groups in total. The minimum Gasteiger partial charge on any atom is -0.412 e. The molecule has 0 aliphatic heterocycles. The molecule has 2 aromatic carbocycles. The Kier molecular flexibility index (Phi) is 8.78. The molecule has 0 spiro atoms. The summed E-state index contributed by atoms with van der Waals surface area (Å²) in [5.74, 6) is -0.272. The fourth-order valence-electron chi connectivity index (χ4n) is 3.63. The normalized spacial score (nSPS) is 11.3. The van der Waals surface area contributed by atoms with Gasteiger partial charge in [-0.15, -0.1) is 23.7 Å². The molecule has 12 heteroatoms. The molecule has 0 aliphatic carbocycles. The highest BCUT2D eigenvalue weighted by Crippen LogP contribution is 2.38. The van der Waals surface area contributed by atoms with Gasteiger partial charge in [-0.25, -0.2) is 9.78 Å². The molecule has 8 nitrogen and oxygen atoms in total. The number of halogens is 3. The molecule has 0 radical (unpaired) electrons. The zero-order valence-corrected chi connectivity index (χ0v) is 21.4. The summed E-state index contributed by atoms with van der Waals surface area (Å²) in [6.07, 6.45) is 4.50. The quantitative estimate of drug-likeness (QED) is 0.337. The molecule has 0 amide bonds. The van der Waals surface area contributed by atoms with Crippen LogP contribution in [0.1, 0.15) is 22.7 Å². The monoisotopic (exact) mass is 561 g/mol. The number of rotatable bonds is 5. The number of benzene rings is 2. The first kappa shape index (κ1) is 27.3. The Morgan fingerprint density at radius 1 is 0.972 bits per heavy atom. The van der Waals surface area contributed by atoms with Gasteiger partial charge < -0.3 is 5.48 Å². The van der Waals surface area contributed by atoms with Crippen molar-refractivity contribution in [3.05, 3.63) is 126 Å². The van der Waals surface area contributed by atoms with Crippen molar-refractivity contribution in [2.45, 2.75) is 5.92 Å². The highest BCUT2D eigenvalue weighted by molar-refractivity contribution is 7.13. The van der Waals surface area contributed by atoms with E-state index in [2.05, 4.69) is 15.1 Å². The maximum atomic E-state index is 12.2. The van der Waals surface area contributed by atoms with E-state index in [9.17, 15) is 9.59 Å². The molecule has 1 unspecified atom stereocenters. The van der Waals surface area contributed by atoms with Crippen molar-refractivity contribution in [3.8, 4) is 16.3 Å². The standard InChI is InChI=1S/C24H15Cl2N5O2S.ClH.H2O/c25-16-3-1-14(2-4-16)22(20-13-34-23(29-20)15-7-9-27-10-8-15)18-6-5-17(11-19(18)26)31-24(33)30-21(32)12-28-31;;/h1-13,22H,(H,30,32,33);1H;1H2. The average Bonchev–Trinajstić information content (AvgIpc) is 3.32. The third kappa shape index (κ3) is 5.56. The lowest BCUT2D eigenvalue weighted by molar-refractivity contribution is 0.749. The fourth-order valence-corrected chi connectivity index (χ4v) is 4.89. The summed E-state index contributed by atoms with van der Waals surface area (Å²) in [5, 5.41) is 7.83. The Hall–Kier alpha value is -3.34. The van der Waals surface area contributed by atoms with E-state index in [1.165, 1.54) is 11.3 Å². The van der Waals surface area contributed by atoms with Crippen molar-refractivity contribution in [2.75, 3.05) is 0 Å². The zero-order chi connectivity index (χ0) is 23.7. The summed E-state index contributed by atoms with van der Waals surface area (Å²) in [7, 11) is 0. The Balaban J connectivity index is 0.00000180. The first-order chi connectivity index (χ1) is 16.5. The number of aromatic amines is 1. The number of nitrogens with one attached hydrogen (secondary N) is 1. The van der Waals surface area contributed by atoms with Gasteiger partial charge in [0.05, 0.1) is 17.3 Å². The third-order valence-electron chi connectivity index (χ3n) is 5.20. The lowest BCUT2D eigenvalue weighted by atomic mass is 9.89. The van der Waals surface area contributed by atoms with Crippen LogP contribution in [0, 0.1) is 0 Å². The number of nitrogens with zero attached hydrogens (tertiary/aromatic N) is 4. The van der Waals surface area contributed by atoms with Crippen LogP contribution >= 0.6 is 46.9 Å². The van der Waals surface area contributed by atoms with Crippen LogP contribution < -0.4 is 11.2 Å². The van der Waals surface area contributed by atoms with Crippen LogP contribution in [-0.2, 0) is 0 Å². The number of hydrogen-bond donors (Lipinski definition) is 1. The summed E-state index contributed by atoms with van der Waals surface area (Å²) in [4.78, 5) is 34.7. The largest absolute Gasteiger partial charge is 0.412 e. The summed E-state index contributed by atoms with van der Waals surface area (Å²) < 4.78 is 1.08. The van der Waals surface area contributed by atoms with Crippen LogP contribution in [0.3, 0.4) is 0 Å². The lowest BCUT2D eigenvalue weighted by Crippen LogP contribution is -2.30. The molecule has 36 heavy (non-hydrogen) atoms. The van der Waals surface area contributed by atoms with Crippen LogP contribution in [0.4, 0.5) is 0 Å². The molecule has 184 valence electrons. The van der Waals surface area contributed by atoms with Crippen LogP contribution in [0.2, 0.25) is 10.0 Å². The molecular formula is C24H18Cl3N5O3S. The van der Waals surface area contributed by atoms with Crippen molar-refractivity contribution < 1.29 is 5.48 Å². The Morgan fingerprint density at radius 2 is 1.69 bits per heavy atom. The van der Waals surface area contributed by atoms with Gasteiger partial charge in [0.1, 0.15) is 11.2 Å². The Bertz CT molecular complexity index is 1590. The molecule has 3 aromatic heterocycles. The van der Waals surface area contributed by atoms with E-state index in [-0.39, 0.29) is 23.8 Å². The molecule has 0 aliphatic rings. The third-order valence-corrected chi connectivity index (χ3v) is 6.69. The van der Waals surface area contributed by atoms with Gasteiger partial charge in [-0.3, -0.25) is 14.8 Å². The van der Waals surface area contributed by atoms with E-state index in [1.807, 2.05) is 47.8 Å². The first-order valence-electron chi connectivity index (χ1n) is 10.1. The number of H-pyrrole nitrogens is 1. The molecule has 3 heterocycles. The average molecular weight is 563 g/mol. The van der Waals surface area contributed by atoms with Gasteiger partial charge in [0, 0.05) is 33.4 Å². The summed E-state index contributed by atoms with van der Waals surface area (Å²) in [5.41, 5.74) is 2.79. The van der Waals surface area contributed by atoms with Crippen LogP contribution in [0.5, 0.6) is 0 Å². The molecular weight excluding hydrogens is 545 g/mol. The van der Waals surface area contributed by atoms with Crippen molar-refractivity contribution in [1.82, 2.24) is 24.7 Å². The summed E-state index contributed by atoms with van der Waals surface area (Å²) in [6.45, 7) is 0. The first-order valence-corrected chi connectivity index (χ1v) is 11.7. The topological polar surface area (TPSA) is 125 Å². The van der Waals surface area contributed by atoms with Crippen molar-refractivity contribution in [3.63, 3.8) is 0 Å². The van der Waals surface area contributed by atoms with Crippen LogP contribution in [-0.4, -0.2) is 30.2 Å². The van der Waals surface area contributed by atoms with Crippen LogP contribution in [0.25, 0.3) is 16.3 Å². The predicted molar refractivity (Wildman–Crippen MR) is 144 cm³/mol. The Morgan fingerprint density at radius 3 is 2.36 bits per heavy atom. The van der Waals surface area contributed by atoms with Gasteiger partial charge in [0.2, 0.25) is 0 Å². The molecule has 0 saturated heterocycles. The molecule has 5 aromatic rings. The van der Waals surface area contributed by atoms with E-state index < -0.39 is 11.2 Å². The van der Waals surface area contributed by atoms with Gasteiger partial charge >= 0.3 is 5.69 Å². The minimum atomic E-state index is -0.646. The van der Waals surface area contributed by atoms with Crippen molar-refractivity contribution in [1.29, 1.82) is 0 Å². The summed E-state index contributed by atoms with van der Waals surface area (Å²) >= 11 is 14.4. The maximum absolute atomic E-state index is 12.2. The lowest BCUT2D eigenvalue weighted by Gasteiger charge is -2.18. The van der Waals surface area contributed by atoms with Crippen LogP contribution in [0.15, 0.2) is 88.2 Å². The predicted octanol–water partition coefficient (Wildman–Crippen LogP) is 4.52. The van der Waals surface area contributed by atoms with Gasteiger partial charge in [-0.1, -0.05) is 41.4 Å². The van der Waals surface area contributed by atoms with Gasteiger partial charge in [-0.05, 0) is 47.5 Å². The van der Waals surface area contributed by atoms with E-state index >= 15 is 0 Å². The van der Waals surface area contributed by atoms with Gasteiger partial charge in [0.15, 0.2) is 0 Å². The molecule has 5 rings (SSSR count). The van der Waals surface area contributed by atoms with E-state index in [4.69, 9.17) is 28.2 Å². The van der Waals surface area contributed by atoms with E-state index in [0.717, 1.165) is 38.3 Å². The van der Waals surface area contributed by atoms with Crippen molar-refractivity contribution in [2.24, 2.45) is 0 Å². The maximum Gasteiger partial charge on any atom is 0.349 e. The minimum absolute atomic E-state index is 0. The molecule has 0 saturated carbocycles. The zero-order valence-electron chi connectivity index (χ0n) is 18.3. The second-order valence-corrected chi connectivity index (χ2v) is 9.06. The molecule has 1 atom stereocenters. The number of pyridine rings is 1. The van der Waals surface area contributed by atoms with Gasteiger partial charge in [-0.2, -0.15) is 9.78 Å². The Labute approximate surface area is 225 Å². The summed E-state index contributed by atoms with van der Waals surface area (Å²) in [6, 6.07) is 16.6. The van der Waals surface area contributed by atoms with E-state index in [0.29, 0.717) is 15.7 Å². The molecule has 0 fully saturated rings. The number of hydrogen-bond acceptors (Lipinski definition) is 6. The fraction of sp³-hybridized carbons (Fsp3) is 0.0417. The van der Waals surface area contributed by atoms with Crippen molar-refractivity contribution >= 4 is 46.9 Å². The second-order valence-electron chi connectivity index (χ2n) is 7.35. The highest BCUT2D eigenvalue weighted by Gasteiger charge is 2.23. The number of aromatic nitrogens is 5. The van der Waals surface area contributed by atoms with Gasteiger partial charge in [0.25, 0.3) is 5.56 Å². The molecule has 0 bridgehead atoms. The van der Waals surface area contributed by atoms with E-state index in [1.54, 1.807) is 24.5 Å². The highest BCUT2D eigenvalue weighted by atomic mass is 35.5. The number of thiazole rings is 1. The SMILES string of the molecule is Cl.O.O=c1cnn(-c2ccc(C(c3ccc(Cl)cc3)c3csc(-c4ccncc4)n3)c(Cl)c2)c(=O)[nH]1. The smallest absolute Gasteiger partial charge is 0.349 e. The second kappa shape index (κ2) is 11.6.